The van der Waals surface area contributed by atoms with Gasteiger partial charge in [0.15, 0.2) is 0 Å². The van der Waals surface area contributed by atoms with Gasteiger partial charge >= 0.3 is 53.4 Å². The van der Waals surface area contributed by atoms with Gasteiger partial charge in [0, 0.05) is 0 Å². The standard InChI is InChI=1S/6FH.Fe.Sb/h6*1H;;/q;;;;;;+1;+5/p-6. The Morgan fingerprint density at radius 2 is 0.625 bits per heavy atom. The summed E-state index contributed by atoms with van der Waals surface area (Å²) in [5, 5.41) is 0. The molecule has 0 N–H and O–H groups in total. The third kappa shape index (κ3) is 288. The summed E-state index contributed by atoms with van der Waals surface area (Å²) in [4.78, 5) is 0. The van der Waals surface area contributed by atoms with Crippen LogP contribution in [-0.4, -0.2) is 19.5 Å². The first kappa shape index (κ1) is 11.7. The Labute approximate surface area is 53.6 Å². The minimum atomic E-state index is -11.2. The van der Waals surface area contributed by atoms with Gasteiger partial charge in [-0.3, -0.25) is 0 Å². The molecule has 0 spiro atoms. The summed E-state index contributed by atoms with van der Waals surface area (Å²) in [5.41, 5.74) is 0. The minimum Gasteiger partial charge on any atom is 1.00 e. The van der Waals surface area contributed by atoms with Gasteiger partial charge in [-0.05, 0) is 0 Å². The van der Waals surface area contributed by atoms with Gasteiger partial charge in [0.25, 0.3) is 0 Å². The molecule has 0 saturated heterocycles. The molecule has 0 rings (SSSR count). The van der Waals surface area contributed by atoms with Crippen LogP contribution in [0.1, 0.15) is 0 Å². The number of hydrogen-bond donors (Lipinski definition) is 0. The SMILES string of the molecule is [F][Sb-]([F])([F])([F])([F])[F].[Fe+]. The van der Waals surface area contributed by atoms with Crippen LogP contribution in [-0.2, 0) is 17.1 Å². The molecule has 0 aliphatic carbocycles. The molecule has 0 aromatic carbocycles. The summed E-state index contributed by atoms with van der Waals surface area (Å²) in [6.45, 7) is 0. The molecule has 8 heteroatoms. The molecule has 0 aliphatic heterocycles. The van der Waals surface area contributed by atoms with Crippen molar-refractivity contribution in [2.45, 2.75) is 0 Å². The number of hydrogen-bond acceptors (Lipinski definition) is 0. The molecule has 0 amide bonds. The summed E-state index contributed by atoms with van der Waals surface area (Å²) >= 11 is -11.2. The predicted molar refractivity (Wildman–Crippen MR) is 12.4 cm³/mol. The van der Waals surface area contributed by atoms with E-state index in [1.54, 1.807) is 0 Å². The van der Waals surface area contributed by atoms with Crippen molar-refractivity contribution >= 4 is 19.5 Å². The van der Waals surface area contributed by atoms with Crippen LogP contribution in [0.3, 0.4) is 0 Å². The molecule has 8 heavy (non-hydrogen) atoms. The maximum absolute atomic E-state index is 11.2. The molecule has 0 nitrogen and oxygen atoms in total. The number of rotatable bonds is 0. The van der Waals surface area contributed by atoms with Gasteiger partial charge in [-0.2, -0.15) is 0 Å². The van der Waals surface area contributed by atoms with Crippen molar-refractivity contribution in [3.63, 3.8) is 0 Å². The fourth-order valence-electron chi connectivity index (χ4n) is 0. The second-order valence-corrected chi connectivity index (χ2v) is 6.43. The van der Waals surface area contributed by atoms with Crippen LogP contribution in [0.25, 0.3) is 0 Å². The Bertz CT molecular complexity index is 67.1. The van der Waals surface area contributed by atoms with Crippen LogP contribution in [0.4, 0.5) is 16.9 Å². The van der Waals surface area contributed by atoms with Crippen molar-refractivity contribution in [3.05, 3.63) is 0 Å². The van der Waals surface area contributed by atoms with Crippen molar-refractivity contribution in [1.29, 1.82) is 0 Å². The van der Waals surface area contributed by atoms with E-state index in [1.807, 2.05) is 0 Å². The average Bonchev–Trinajstić information content (AvgIpc) is 0.592. The van der Waals surface area contributed by atoms with Crippen LogP contribution >= 0.6 is 0 Å². The Kier molecular flexibility index (Phi) is 2.18. The second-order valence-electron chi connectivity index (χ2n) is 0.958. The Balaban J connectivity index is 0. The topological polar surface area (TPSA) is 0 Å². The summed E-state index contributed by atoms with van der Waals surface area (Å²) in [7, 11) is 0. The van der Waals surface area contributed by atoms with E-state index >= 15 is 0 Å². The van der Waals surface area contributed by atoms with E-state index in [1.165, 1.54) is 0 Å². The van der Waals surface area contributed by atoms with Crippen LogP contribution in [0, 0.1) is 0 Å². The maximum atomic E-state index is 9.93. The molecule has 0 aromatic heterocycles. The molecule has 0 heterocycles. The predicted octanol–water partition coefficient (Wildman–Crippen LogP) is 2.14. The van der Waals surface area contributed by atoms with Gasteiger partial charge in [-0.25, -0.2) is 0 Å². The summed E-state index contributed by atoms with van der Waals surface area (Å²) < 4.78 is 59.6. The van der Waals surface area contributed by atoms with Crippen LogP contribution in [0.15, 0.2) is 0 Å². The Morgan fingerprint density at radius 1 is 0.625 bits per heavy atom. The fraction of sp³-hybridized carbons (Fsp3) is 0. The van der Waals surface area contributed by atoms with Gasteiger partial charge in [0.2, 0.25) is 0 Å². The first-order valence-electron chi connectivity index (χ1n) is 1.01. The van der Waals surface area contributed by atoms with Gasteiger partial charge in [-0.15, -0.1) is 0 Å². The summed E-state index contributed by atoms with van der Waals surface area (Å²) in [6.07, 6.45) is 0. The van der Waals surface area contributed by atoms with Gasteiger partial charge in [0.1, 0.15) is 0 Å². The zero-order valence-corrected chi connectivity index (χ0v) is 6.73. The molecule has 0 unspecified atom stereocenters. The zero-order chi connectivity index (χ0) is 6.41. The minimum absolute atomic E-state index is 0. The summed E-state index contributed by atoms with van der Waals surface area (Å²) in [6, 6.07) is 0. The van der Waals surface area contributed by atoms with Gasteiger partial charge in [-0.1, -0.05) is 0 Å². The zero-order valence-electron chi connectivity index (χ0n) is 3.07. The maximum Gasteiger partial charge on any atom is 1.00 e. The first-order valence-corrected chi connectivity index (χ1v) is 6.80. The molecule has 0 fully saturated rings. The van der Waals surface area contributed by atoms with Crippen molar-refractivity contribution in [2.24, 2.45) is 0 Å². The average molecular weight is 292 g/mol. The number of halogens is 6. The third-order valence-corrected chi connectivity index (χ3v) is 0. The fourth-order valence-corrected chi connectivity index (χ4v) is 0. The van der Waals surface area contributed by atoms with E-state index in [2.05, 4.69) is 0 Å². The largest absolute Gasteiger partial charge is 1.00 e. The molecule has 0 saturated carbocycles. The molecule has 1 radical (unpaired) electrons. The van der Waals surface area contributed by atoms with E-state index in [-0.39, 0.29) is 17.1 Å². The van der Waals surface area contributed by atoms with Crippen LogP contribution in [0.5, 0.6) is 0 Å². The molecule has 0 bridgehead atoms. The van der Waals surface area contributed by atoms with Crippen LogP contribution < -0.4 is 0 Å². The van der Waals surface area contributed by atoms with Crippen LogP contribution in [0.2, 0.25) is 0 Å². The van der Waals surface area contributed by atoms with Crippen molar-refractivity contribution in [1.82, 2.24) is 0 Å². The van der Waals surface area contributed by atoms with Gasteiger partial charge in [0.05, 0.1) is 0 Å². The van der Waals surface area contributed by atoms with E-state index in [0.29, 0.717) is 0 Å². The molecule has 0 aromatic rings. The first-order chi connectivity index (χ1) is 2.45. The second kappa shape index (κ2) is 1.50. The van der Waals surface area contributed by atoms with E-state index in [0.717, 1.165) is 0 Å². The molecule has 55 valence electrons. The Hall–Kier alpha value is 0.918. The molecular weight excluding hydrogens is 292 g/mol. The molecular formula is F6FeSb. The quantitative estimate of drug-likeness (QED) is 0.474. The third-order valence-electron chi connectivity index (χ3n) is 0. The van der Waals surface area contributed by atoms with E-state index in [9.17, 15) is 16.9 Å². The van der Waals surface area contributed by atoms with E-state index < -0.39 is 19.5 Å². The van der Waals surface area contributed by atoms with Crippen molar-refractivity contribution < 1.29 is 33.9 Å². The molecule has 0 atom stereocenters. The van der Waals surface area contributed by atoms with E-state index in [4.69, 9.17) is 0 Å². The smallest absolute Gasteiger partial charge is 1.00 e. The van der Waals surface area contributed by atoms with Crippen molar-refractivity contribution in [2.75, 3.05) is 0 Å². The Morgan fingerprint density at radius 3 is 0.625 bits per heavy atom. The normalized spacial score (nSPS) is 20.2. The van der Waals surface area contributed by atoms with Gasteiger partial charge < -0.3 is 0 Å². The summed E-state index contributed by atoms with van der Waals surface area (Å²) in [5.74, 6) is 0. The van der Waals surface area contributed by atoms with Crippen molar-refractivity contribution in [3.8, 4) is 0 Å². The molecule has 0 aliphatic rings. The monoisotopic (exact) mass is 291 g/mol.